The molecule has 0 amide bonds. The van der Waals surface area contributed by atoms with Crippen LogP contribution in [-0.4, -0.2) is 25.1 Å². The highest BCUT2D eigenvalue weighted by atomic mass is 16.5. The van der Waals surface area contributed by atoms with E-state index in [0.29, 0.717) is 0 Å². The maximum atomic E-state index is 5.56. The molecule has 0 unspecified atom stereocenters. The van der Waals surface area contributed by atoms with Crippen LogP contribution in [0.5, 0.6) is 5.75 Å². The van der Waals surface area contributed by atoms with E-state index in [-0.39, 0.29) is 0 Å². The molecular weight excluding hydrogens is 270 g/mol. The topological polar surface area (TPSA) is 12.5 Å². The fraction of sp³-hybridized carbons (Fsp3) is 0.300. The Morgan fingerprint density at radius 2 is 1.95 bits per heavy atom. The normalized spacial score (nSPS) is 13.6. The molecule has 22 heavy (non-hydrogen) atoms. The number of nitrogens with zero attached hydrogens (tertiary/aromatic N) is 1. The zero-order valence-electron chi connectivity index (χ0n) is 13.4. The molecule has 0 radical (unpaired) electrons. The second kappa shape index (κ2) is 6.80. The monoisotopic (exact) mass is 293 g/mol. The van der Waals surface area contributed by atoms with Crippen LogP contribution in [0.2, 0.25) is 0 Å². The Morgan fingerprint density at radius 3 is 2.77 bits per heavy atom. The molecule has 0 aromatic heterocycles. The molecule has 3 rings (SSSR count). The van der Waals surface area contributed by atoms with Crippen molar-refractivity contribution in [1.29, 1.82) is 0 Å². The van der Waals surface area contributed by atoms with Gasteiger partial charge in [0.25, 0.3) is 0 Å². The summed E-state index contributed by atoms with van der Waals surface area (Å²) >= 11 is 0. The molecule has 0 saturated carbocycles. The Morgan fingerprint density at radius 1 is 1.14 bits per heavy atom. The van der Waals surface area contributed by atoms with Gasteiger partial charge in [-0.3, -0.25) is 4.90 Å². The molecule has 2 aromatic carbocycles. The molecule has 0 atom stereocenters. The molecule has 0 aliphatic carbocycles. The average Bonchev–Trinajstić information content (AvgIpc) is 2.97. The fourth-order valence-corrected chi connectivity index (χ4v) is 2.76. The van der Waals surface area contributed by atoms with E-state index in [4.69, 9.17) is 4.74 Å². The lowest BCUT2D eigenvalue weighted by Crippen LogP contribution is -2.17. The van der Waals surface area contributed by atoms with E-state index < -0.39 is 0 Å². The molecule has 0 spiro atoms. The largest absolute Gasteiger partial charge is 0.493 e. The first-order valence-electron chi connectivity index (χ1n) is 7.87. The molecule has 1 aliphatic heterocycles. The molecule has 0 bridgehead atoms. The van der Waals surface area contributed by atoms with E-state index in [1.807, 2.05) is 0 Å². The number of rotatable bonds is 5. The number of hydrogen-bond donors (Lipinski definition) is 0. The van der Waals surface area contributed by atoms with E-state index in [1.165, 1.54) is 22.3 Å². The van der Waals surface area contributed by atoms with Gasteiger partial charge in [0, 0.05) is 19.5 Å². The maximum absolute atomic E-state index is 5.56. The Kier molecular flexibility index (Phi) is 4.59. The Labute approximate surface area is 133 Å². The number of fused-ring (bicyclic) bond motifs is 1. The predicted molar refractivity (Wildman–Crippen MR) is 92.2 cm³/mol. The minimum Gasteiger partial charge on any atom is -0.493 e. The van der Waals surface area contributed by atoms with E-state index in [1.54, 1.807) is 0 Å². The summed E-state index contributed by atoms with van der Waals surface area (Å²) in [5.41, 5.74) is 5.26. The number of benzene rings is 2. The predicted octanol–water partition coefficient (Wildman–Crippen LogP) is 4.08. The van der Waals surface area contributed by atoms with Crippen molar-refractivity contribution < 1.29 is 4.74 Å². The van der Waals surface area contributed by atoms with Crippen LogP contribution >= 0.6 is 0 Å². The van der Waals surface area contributed by atoms with Crippen LogP contribution in [-0.2, 0) is 13.0 Å². The van der Waals surface area contributed by atoms with Gasteiger partial charge in [0.2, 0.25) is 0 Å². The van der Waals surface area contributed by atoms with Gasteiger partial charge in [-0.05, 0) is 36.7 Å². The second-order valence-corrected chi connectivity index (χ2v) is 6.05. The molecular formula is C20H23NO. The van der Waals surface area contributed by atoms with Crippen LogP contribution in [0, 0.1) is 6.92 Å². The zero-order chi connectivity index (χ0) is 15.4. The fourth-order valence-electron chi connectivity index (χ4n) is 2.76. The van der Waals surface area contributed by atoms with Crippen molar-refractivity contribution >= 4 is 6.08 Å². The highest BCUT2D eigenvalue weighted by Crippen LogP contribution is 2.26. The second-order valence-electron chi connectivity index (χ2n) is 6.05. The third kappa shape index (κ3) is 3.77. The van der Waals surface area contributed by atoms with Crippen LogP contribution in [0.15, 0.2) is 48.5 Å². The highest BCUT2D eigenvalue weighted by Gasteiger charge is 2.12. The van der Waals surface area contributed by atoms with E-state index in [2.05, 4.69) is 73.5 Å². The van der Waals surface area contributed by atoms with Crippen molar-refractivity contribution in [1.82, 2.24) is 4.90 Å². The first-order valence-corrected chi connectivity index (χ1v) is 7.87. The summed E-state index contributed by atoms with van der Waals surface area (Å²) in [5.74, 6) is 1.06. The molecule has 2 heteroatoms. The summed E-state index contributed by atoms with van der Waals surface area (Å²) in [6, 6.07) is 15.2. The van der Waals surface area contributed by atoms with Gasteiger partial charge in [-0.1, -0.05) is 54.1 Å². The number of ether oxygens (including phenoxy) is 1. The smallest absolute Gasteiger partial charge is 0.122 e. The molecule has 0 N–H and O–H groups in total. The van der Waals surface area contributed by atoms with E-state index >= 15 is 0 Å². The van der Waals surface area contributed by atoms with Crippen LogP contribution < -0.4 is 4.74 Å². The van der Waals surface area contributed by atoms with Gasteiger partial charge in [-0.15, -0.1) is 0 Å². The first kappa shape index (κ1) is 14.9. The van der Waals surface area contributed by atoms with Crippen LogP contribution in [0.25, 0.3) is 6.08 Å². The van der Waals surface area contributed by atoms with Crippen molar-refractivity contribution in [3.05, 3.63) is 70.8 Å². The van der Waals surface area contributed by atoms with Gasteiger partial charge < -0.3 is 4.74 Å². The highest BCUT2D eigenvalue weighted by molar-refractivity contribution is 5.49. The maximum Gasteiger partial charge on any atom is 0.122 e. The first-order chi connectivity index (χ1) is 10.7. The molecule has 2 nitrogen and oxygen atoms in total. The van der Waals surface area contributed by atoms with Gasteiger partial charge in [0.15, 0.2) is 0 Å². The third-order valence-corrected chi connectivity index (χ3v) is 4.01. The summed E-state index contributed by atoms with van der Waals surface area (Å²) < 4.78 is 5.56. The Balaban J connectivity index is 1.54. The van der Waals surface area contributed by atoms with E-state index in [9.17, 15) is 0 Å². The van der Waals surface area contributed by atoms with E-state index in [0.717, 1.165) is 31.9 Å². The van der Waals surface area contributed by atoms with Crippen molar-refractivity contribution in [2.24, 2.45) is 0 Å². The van der Waals surface area contributed by atoms with Crippen molar-refractivity contribution in [2.75, 3.05) is 20.2 Å². The molecule has 2 aromatic rings. The Bertz CT molecular complexity index is 658. The standard InChI is InChI=1S/C20H23NO/c1-16-5-7-17(8-6-16)4-3-12-21(2)15-18-9-10-20-19(14-18)11-13-22-20/h3-10,14H,11-13,15H2,1-2H3/b4-3+. The summed E-state index contributed by atoms with van der Waals surface area (Å²) in [6.45, 7) is 4.85. The lowest BCUT2D eigenvalue weighted by molar-refractivity contribution is 0.356. The lowest BCUT2D eigenvalue weighted by atomic mass is 10.1. The number of hydrogen-bond acceptors (Lipinski definition) is 2. The van der Waals surface area contributed by atoms with Gasteiger partial charge in [-0.2, -0.15) is 0 Å². The summed E-state index contributed by atoms with van der Waals surface area (Å²) in [5, 5.41) is 0. The van der Waals surface area contributed by atoms with Crippen LogP contribution in [0.3, 0.4) is 0 Å². The molecule has 1 aliphatic rings. The van der Waals surface area contributed by atoms with Gasteiger partial charge >= 0.3 is 0 Å². The quantitative estimate of drug-likeness (QED) is 0.824. The average molecular weight is 293 g/mol. The van der Waals surface area contributed by atoms with Crippen molar-refractivity contribution in [3.63, 3.8) is 0 Å². The van der Waals surface area contributed by atoms with Gasteiger partial charge in [0.05, 0.1) is 6.61 Å². The third-order valence-electron chi connectivity index (χ3n) is 4.01. The van der Waals surface area contributed by atoms with Gasteiger partial charge in [0.1, 0.15) is 5.75 Å². The van der Waals surface area contributed by atoms with Crippen LogP contribution in [0.1, 0.15) is 22.3 Å². The Hall–Kier alpha value is -2.06. The number of aryl methyl sites for hydroxylation is 1. The molecule has 0 fully saturated rings. The zero-order valence-corrected chi connectivity index (χ0v) is 13.4. The molecule has 0 saturated heterocycles. The molecule has 114 valence electrons. The van der Waals surface area contributed by atoms with Crippen molar-refractivity contribution in [2.45, 2.75) is 19.9 Å². The van der Waals surface area contributed by atoms with Crippen molar-refractivity contribution in [3.8, 4) is 5.75 Å². The summed E-state index contributed by atoms with van der Waals surface area (Å²) in [4.78, 5) is 2.32. The van der Waals surface area contributed by atoms with Crippen LogP contribution in [0.4, 0.5) is 0 Å². The SMILES string of the molecule is Cc1ccc(/C=C/CN(C)Cc2ccc3c(c2)CCO3)cc1. The minimum absolute atomic E-state index is 0.827. The minimum atomic E-state index is 0.827. The number of likely N-dealkylation sites (N-methyl/N-ethyl adjacent to an activating group) is 1. The van der Waals surface area contributed by atoms with Gasteiger partial charge in [-0.25, -0.2) is 0 Å². The summed E-state index contributed by atoms with van der Waals surface area (Å²) in [6.07, 6.45) is 5.45. The lowest BCUT2D eigenvalue weighted by Gasteiger charge is -2.15. The summed E-state index contributed by atoms with van der Waals surface area (Å²) in [7, 11) is 2.16. The molecule has 1 heterocycles.